The van der Waals surface area contributed by atoms with Crippen molar-refractivity contribution in [3.05, 3.63) is 83.9 Å². The molecule has 0 fully saturated rings. The topological polar surface area (TPSA) is 0 Å². The Morgan fingerprint density at radius 1 is 0.667 bits per heavy atom. The molecule has 18 heavy (non-hydrogen) atoms. The minimum absolute atomic E-state index is 1.09. The van der Waals surface area contributed by atoms with E-state index in [4.69, 9.17) is 0 Å². The van der Waals surface area contributed by atoms with Gasteiger partial charge in [-0.1, -0.05) is 72.8 Å². The largest absolute Gasteiger partial charge is 0.0998 e. The van der Waals surface area contributed by atoms with Gasteiger partial charge in [0.1, 0.15) is 0 Å². The van der Waals surface area contributed by atoms with E-state index in [1.54, 1.807) is 0 Å². The molecule has 0 aliphatic rings. The zero-order valence-electron chi connectivity index (χ0n) is 10.8. The van der Waals surface area contributed by atoms with Crippen molar-refractivity contribution in [2.45, 2.75) is 25.7 Å². The van der Waals surface area contributed by atoms with Gasteiger partial charge in [0, 0.05) is 0 Å². The predicted molar refractivity (Wildman–Crippen MR) is 78.7 cm³/mol. The summed E-state index contributed by atoms with van der Waals surface area (Å²) in [6.07, 6.45) is 4.40. The summed E-state index contributed by atoms with van der Waals surface area (Å²) in [5, 5.41) is 0. The first-order valence-corrected chi connectivity index (χ1v) is 6.59. The van der Waals surface area contributed by atoms with Crippen molar-refractivity contribution in [3.63, 3.8) is 0 Å². The third kappa shape index (κ3) is 4.21. The summed E-state index contributed by atoms with van der Waals surface area (Å²) in [7, 11) is 0. The van der Waals surface area contributed by atoms with Crippen molar-refractivity contribution in [3.8, 4) is 0 Å². The van der Waals surface area contributed by atoms with Gasteiger partial charge in [0.2, 0.25) is 0 Å². The van der Waals surface area contributed by atoms with Crippen LogP contribution < -0.4 is 0 Å². The van der Waals surface area contributed by atoms with Gasteiger partial charge in [-0.3, -0.25) is 0 Å². The molecule has 0 bridgehead atoms. The minimum atomic E-state index is 1.09. The van der Waals surface area contributed by atoms with Gasteiger partial charge >= 0.3 is 0 Å². The highest BCUT2D eigenvalue weighted by atomic mass is 14.0. The fourth-order valence-corrected chi connectivity index (χ4v) is 2.06. The minimum Gasteiger partial charge on any atom is -0.0998 e. The second kappa shape index (κ2) is 6.80. The van der Waals surface area contributed by atoms with E-state index in [1.165, 1.54) is 16.7 Å². The summed E-state index contributed by atoms with van der Waals surface area (Å²) < 4.78 is 0. The number of hydrogen-bond donors (Lipinski definition) is 0. The summed E-state index contributed by atoms with van der Waals surface area (Å²) in [5.41, 5.74) is 4.15. The second-order valence-electron chi connectivity index (χ2n) is 4.72. The molecule has 0 aliphatic heterocycles. The molecule has 0 nitrogen and oxygen atoms in total. The average Bonchev–Trinajstić information content (AvgIpc) is 2.45. The molecule has 0 heterocycles. The molecule has 0 saturated carbocycles. The fraction of sp³-hybridized carbons (Fsp3) is 0.222. The normalized spacial score (nSPS) is 10.2. The Bertz CT molecular complexity index is 422. The molecule has 92 valence electrons. The number of benzene rings is 2. The molecule has 0 radical (unpaired) electrons. The van der Waals surface area contributed by atoms with Crippen LogP contribution >= 0.6 is 0 Å². The molecule has 0 N–H and O–H groups in total. The summed E-state index contributed by atoms with van der Waals surface area (Å²) in [6.45, 7) is 4.18. The molecule has 0 aliphatic carbocycles. The van der Waals surface area contributed by atoms with Gasteiger partial charge in [0.25, 0.3) is 0 Å². The smallest absolute Gasteiger partial charge is 0.0242 e. The first kappa shape index (κ1) is 12.6. The van der Waals surface area contributed by atoms with Gasteiger partial charge in [-0.2, -0.15) is 0 Å². The van der Waals surface area contributed by atoms with Crippen LogP contribution in [0.5, 0.6) is 0 Å². The van der Waals surface area contributed by atoms with Crippen molar-refractivity contribution >= 4 is 0 Å². The van der Waals surface area contributed by atoms with Gasteiger partial charge in [-0.15, -0.1) is 0 Å². The molecule has 0 spiro atoms. The Hall–Kier alpha value is -1.82. The third-order valence-corrected chi connectivity index (χ3v) is 3.22. The van der Waals surface area contributed by atoms with Crippen molar-refractivity contribution in [2.24, 2.45) is 0 Å². The van der Waals surface area contributed by atoms with Crippen molar-refractivity contribution in [2.75, 3.05) is 0 Å². The maximum Gasteiger partial charge on any atom is -0.0242 e. The zero-order chi connectivity index (χ0) is 12.6. The lowest BCUT2D eigenvalue weighted by Gasteiger charge is -2.06. The zero-order valence-corrected chi connectivity index (χ0v) is 10.8. The van der Waals surface area contributed by atoms with Crippen LogP contribution in [0.3, 0.4) is 0 Å². The highest BCUT2D eigenvalue weighted by Crippen LogP contribution is 2.13. The maximum absolute atomic E-state index is 4.18. The highest BCUT2D eigenvalue weighted by Gasteiger charge is 1.98. The van der Waals surface area contributed by atoms with Crippen LogP contribution in [0.1, 0.15) is 24.0 Å². The van der Waals surface area contributed by atoms with E-state index < -0.39 is 0 Å². The van der Waals surface area contributed by atoms with Gasteiger partial charge in [-0.05, 0) is 36.8 Å². The van der Waals surface area contributed by atoms with E-state index >= 15 is 0 Å². The SMILES string of the molecule is C=C(CCc1ccccc1)CCc1ccccc1. The van der Waals surface area contributed by atoms with Gasteiger partial charge in [-0.25, -0.2) is 0 Å². The van der Waals surface area contributed by atoms with E-state index in [0.29, 0.717) is 0 Å². The molecule has 2 aromatic carbocycles. The van der Waals surface area contributed by atoms with Crippen molar-refractivity contribution in [1.29, 1.82) is 0 Å². The van der Waals surface area contributed by atoms with Gasteiger partial charge in [0.05, 0.1) is 0 Å². The molecule has 2 rings (SSSR count). The van der Waals surface area contributed by atoms with Crippen LogP contribution in [-0.4, -0.2) is 0 Å². The number of rotatable bonds is 6. The Morgan fingerprint density at radius 2 is 1.06 bits per heavy atom. The molecule has 0 saturated heterocycles. The molecule has 0 atom stereocenters. The standard InChI is InChI=1S/C18H20/c1-16(12-14-17-8-4-2-5-9-17)13-15-18-10-6-3-7-11-18/h2-11H,1,12-15H2. The van der Waals surface area contributed by atoms with E-state index in [0.717, 1.165) is 25.7 Å². The summed E-state index contributed by atoms with van der Waals surface area (Å²) in [6, 6.07) is 21.3. The van der Waals surface area contributed by atoms with Gasteiger partial charge in [0.15, 0.2) is 0 Å². The maximum atomic E-state index is 4.18. The predicted octanol–water partition coefficient (Wildman–Crippen LogP) is 4.81. The first-order valence-electron chi connectivity index (χ1n) is 6.59. The lowest BCUT2D eigenvalue weighted by molar-refractivity contribution is 0.840. The Balaban J connectivity index is 1.73. The third-order valence-electron chi connectivity index (χ3n) is 3.22. The van der Waals surface area contributed by atoms with Crippen LogP contribution in [0.4, 0.5) is 0 Å². The Labute approximate surface area is 110 Å². The molecule has 2 aromatic rings. The van der Waals surface area contributed by atoms with Crippen LogP contribution in [0, 0.1) is 0 Å². The van der Waals surface area contributed by atoms with Gasteiger partial charge < -0.3 is 0 Å². The van der Waals surface area contributed by atoms with E-state index in [-0.39, 0.29) is 0 Å². The highest BCUT2D eigenvalue weighted by molar-refractivity contribution is 5.18. The van der Waals surface area contributed by atoms with E-state index in [2.05, 4.69) is 67.2 Å². The van der Waals surface area contributed by atoms with Crippen LogP contribution in [0.2, 0.25) is 0 Å². The van der Waals surface area contributed by atoms with Crippen molar-refractivity contribution < 1.29 is 0 Å². The molecule has 0 unspecified atom stereocenters. The first-order chi connectivity index (χ1) is 8.84. The summed E-state index contributed by atoms with van der Waals surface area (Å²) in [4.78, 5) is 0. The van der Waals surface area contributed by atoms with E-state index in [1.807, 2.05) is 0 Å². The van der Waals surface area contributed by atoms with Crippen LogP contribution in [0.25, 0.3) is 0 Å². The van der Waals surface area contributed by atoms with Crippen LogP contribution in [-0.2, 0) is 12.8 Å². The van der Waals surface area contributed by atoms with E-state index in [9.17, 15) is 0 Å². The quantitative estimate of drug-likeness (QED) is 0.631. The molecule has 0 amide bonds. The number of hydrogen-bond acceptors (Lipinski definition) is 0. The second-order valence-corrected chi connectivity index (χ2v) is 4.72. The molecular formula is C18H20. The lowest BCUT2D eigenvalue weighted by atomic mass is 10.00. The monoisotopic (exact) mass is 236 g/mol. The fourth-order valence-electron chi connectivity index (χ4n) is 2.06. The average molecular weight is 236 g/mol. The molecule has 0 aromatic heterocycles. The number of aryl methyl sites for hydroxylation is 2. The molecule has 0 heteroatoms. The lowest BCUT2D eigenvalue weighted by Crippen LogP contribution is -1.91. The Morgan fingerprint density at radius 3 is 1.44 bits per heavy atom. The number of allylic oxidation sites excluding steroid dienone is 1. The van der Waals surface area contributed by atoms with Crippen molar-refractivity contribution in [1.82, 2.24) is 0 Å². The summed E-state index contributed by atoms with van der Waals surface area (Å²) >= 11 is 0. The van der Waals surface area contributed by atoms with Crippen LogP contribution in [0.15, 0.2) is 72.8 Å². The molecular weight excluding hydrogens is 216 g/mol. The summed E-state index contributed by atoms with van der Waals surface area (Å²) in [5.74, 6) is 0. The Kier molecular flexibility index (Phi) is 4.78.